The summed E-state index contributed by atoms with van der Waals surface area (Å²) >= 11 is 0. The number of hydrogen-bond acceptors (Lipinski definition) is 8. The number of esters is 1. The number of carbonyl (C=O) groups is 2. The molecule has 0 aliphatic carbocycles. The molecule has 0 aromatic carbocycles. The second-order valence-electron chi connectivity index (χ2n) is 7.63. The molecule has 0 bridgehead atoms. The van der Waals surface area contributed by atoms with Gasteiger partial charge in [-0.1, -0.05) is 84.0 Å². The van der Waals surface area contributed by atoms with Gasteiger partial charge in [-0.25, -0.2) is 0 Å². The number of ether oxygens (including phenoxy) is 1. The van der Waals surface area contributed by atoms with E-state index in [2.05, 4.69) is 15.3 Å². The number of unbranched alkanes of at least 4 members (excludes halogenated alkanes) is 12. The van der Waals surface area contributed by atoms with E-state index < -0.39 is 41.2 Å². The van der Waals surface area contributed by atoms with Crippen molar-refractivity contribution in [3.05, 3.63) is 0 Å². The van der Waals surface area contributed by atoms with Crippen molar-refractivity contribution in [2.24, 2.45) is 0 Å². The quantitative estimate of drug-likeness (QED) is 0.317. The zero-order valence-corrected chi connectivity index (χ0v) is 18.3. The van der Waals surface area contributed by atoms with Crippen LogP contribution in [0, 0.1) is 0 Å². The van der Waals surface area contributed by atoms with Crippen molar-refractivity contribution < 1.29 is 36.2 Å². The molecule has 0 aromatic heterocycles. The monoisotopic (exact) mass is 436 g/mol. The summed E-state index contributed by atoms with van der Waals surface area (Å²) in [6.07, 6.45) is 13.6. The van der Waals surface area contributed by atoms with Crippen molar-refractivity contribution in [3.8, 4) is 0 Å². The fraction of sp³-hybridized carbons (Fsp3) is 0.900. The average Bonchev–Trinajstić information content (AvgIpc) is 2.66. The molecule has 1 rings (SSSR count). The summed E-state index contributed by atoms with van der Waals surface area (Å²) in [4.78, 5) is 22.9. The first-order valence-electron chi connectivity index (χ1n) is 10.9. The Morgan fingerprint density at radius 1 is 0.793 bits per heavy atom. The molecule has 1 aliphatic heterocycles. The minimum Gasteiger partial charge on any atom is -0.407 e. The molecule has 8 nitrogen and oxygen atoms in total. The third-order valence-corrected chi connectivity index (χ3v) is 5.68. The SMILES string of the molecule is CCCCCCCCCCCCCCCC1(O)OC(=O)CCC(=O)OS(=O)(=O)O1. The Labute approximate surface area is 174 Å². The van der Waals surface area contributed by atoms with Crippen LogP contribution in [-0.2, 0) is 33.1 Å². The molecule has 1 atom stereocenters. The van der Waals surface area contributed by atoms with Crippen LogP contribution < -0.4 is 0 Å². The third-order valence-electron chi connectivity index (χ3n) is 4.83. The highest BCUT2D eigenvalue weighted by atomic mass is 32.3. The van der Waals surface area contributed by atoms with E-state index in [1.54, 1.807) is 0 Å². The Morgan fingerprint density at radius 2 is 1.24 bits per heavy atom. The van der Waals surface area contributed by atoms with Gasteiger partial charge in [0, 0.05) is 6.42 Å². The molecule has 1 N–H and O–H groups in total. The van der Waals surface area contributed by atoms with Gasteiger partial charge in [-0.05, 0) is 6.42 Å². The van der Waals surface area contributed by atoms with Crippen LogP contribution in [0.4, 0.5) is 0 Å². The molecule has 1 heterocycles. The standard InChI is InChI=1S/C20H36O8S/c1-2-3-4-5-6-7-8-9-10-11-12-13-14-17-20(23)26-18(21)15-16-19(22)27-29(24,25)28-20/h23H,2-17H2,1H3. The summed E-state index contributed by atoms with van der Waals surface area (Å²) in [5.41, 5.74) is 0. The Morgan fingerprint density at radius 3 is 1.76 bits per heavy atom. The lowest BCUT2D eigenvalue weighted by Crippen LogP contribution is -2.40. The van der Waals surface area contributed by atoms with E-state index in [1.807, 2.05) is 0 Å². The second kappa shape index (κ2) is 13.9. The van der Waals surface area contributed by atoms with Gasteiger partial charge in [0.1, 0.15) is 0 Å². The van der Waals surface area contributed by atoms with Gasteiger partial charge < -0.3 is 14.0 Å². The van der Waals surface area contributed by atoms with Crippen molar-refractivity contribution in [3.63, 3.8) is 0 Å². The maximum Gasteiger partial charge on any atom is 0.456 e. The molecule has 1 saturated heterocycles. The molecule has 170 valence electrons. The van der Waals surface area contributed by atoms with Gasteiger partial charge in [0.15, 0.2) is 0 Å². The maximum atomic E-state index is 11.6. The molecule has 9 heteroatoms. The molecule has 0 saturated carbocycles. The zero-order valence-electron chi connectivity index (χ0n) is 17.5. The van der Waals surface area contributed by atoms with Crippen LogP contribution in [0.1, 0.15) is 110 Å². The van der Waals surface area contributed by atoms with Gasteiger partial charge >= 0.3 is 28.3 Å². The van der Waals surface area contributed by atoms with E-state index in [-0.39, 0.29) is 6.42 Å². The van der Waals surface area contributed by atoms with Crippen molar-refractivity contribution in [2.45, 2.75) is 116 Å². The zero-order chi connectivity index (χ0) is 21.6. The van der Waals surface area contributed by atoms with E-state index in [4.69, 9.17) is 4.74 Å². The Hall–Kier alpha value is -1.19. The van der Waals surface area contributed by atoms with Crippen LogP contribution in [0.25, 0.3) is 0 Å². The van der Waals surface area contributed by atoms with Crippen molar-refractivity contribution in [2.75, 3.05) is 0 Å². The number of carbonyl (C=O) groups excluding carboxylic acids is 2. The van der Waals surface area contributed by atoms with Gasteiger partial charge in [-0.2, -0.15) is 12.6 Å². The van der Waals surface area contributed by atoms with Crippen molar-refractivity contribution in [1.29, 1.82) is 0 Å². The first-order chi connectivity index (χ1) is 13.8. The molecule has 29 heavy (non-hydrogen) atoms. The highest BCUT2D eigenvalue weighted by Gasteiger charge is 2.41. The molecule has 0 amide bonds. The summed E-state index contributed by atoms with van der Waals surface area (Å²) in [5.74, 6) is -4.69. The molecule has 0 radical (unpaired) electrons. The predicted molar refractivity (Wildman–Crippen MR) is 107 cm³/mol. The number of hydrogen-bond donors (Lipinski definition) is 1. The minimum absolute atomic E-state index is 0.215. The van der Waals surface area contributed by atoms with Gasteiger partial charge in [0.2, 0.25) is 0 Å². The first-order valence-corrected chi connectivity index (χ1v) is 12.2. The van der Waals surface area contributed by atoms with Gasteiger partial charge in [0.25, 0.3) is 0 Å². The number of aliphatic hydroxyl groups is 1. The van der Waals surface area contributed by atoms with Crippen LogP contribution in [0.15, 0.2) is 0 Å². The van der Waals surface area contributed by atoms with Crippen molar-refractivity contribution in [1.82, 2.24) is 0 Å². The number of cyclic esters (lactones) is 1. The largest absolute Gasteiger partial charge is 0.456 e. The highest BCUT2D eigenvalue weighted by Crippen LogP contribution is 2.25. The molecule has 0 aromatic rings. The second-order valence-corrected chi connectivity index (χ2v) is 8.78. The summed E-state index contributed by atoms with van der Waals surface area (Å²) < 4.78 is 36.6. The highest BCUT2D eigenvalue weighted by molar-refractivity contribution is 7.82. The fourth-order valence-electron chi connectivity index (χ4n) is 3.24. The van der Waals surface area contributed by atoms with Crippen LogP contribution in [0.3, 0.4) is 0 Å². The minimum atomic E-state index is -4.79. The summed E-state index contributed by atoms with van der Waals surface area (Å²) in [6.45, 7) is 2.22. The Bertz CT molecular complexity index is 589. The first kappa shape index (κ1) is 25.8. The molecule has 0 spiro atoms. The van der Waals surface area contributed by atoms with Crippen molar-refractivity contribution >= 4 is 22.3 Å². The van der Waals surface area contributed by atoms with E-state index in [0.717, 1.165) is 25.7 Å². The molecular weight excluding hydrogens is 400 g/mol. The lowest BCUT2D eigenvalue weighted by atomic mass is 10.0. The smallest absolute Gasteiger partial charge is 0.407 e. The summed E-state index contributed by atoms with van der Waals surface area (Å²) in [5, 5.41) is 10.2. The lowest BCUT2D eigenvalue weighted by molar-refractivity contribution is -0.305. The molecule has 1 fully saturated rings. The number of rotatable bonds is 14. The van der Waals surface area contributed by atoms with Gasteiger partial charge in [-0.15, -0.1) is 0 Å². The van der Waals surface area contributed by atoms with Crippen LogP contribution in [-0.4, -0.2) is 31.4 Å². The molecular formula is C20H36O8S. The Balaban J connectivity index is 2.18. The normalized spacial score (nSPS) is 22.3. The lowest BCUT2D eigenvalue weighted by Gasteiger charge is -2.25. The topological polar surface area (TPSA) is 116 Å². The molecule has 1 unspecified atom stereocenters. The van der Waals surface area contributed by atoms with E-state index in [0.29, 0.717) is 6.42 Å². The van der Waals surface area contributed by atoms with E-state index in [1.165, 1.54) is 51.4 Å². The predicted octanol–water partition coefficient (Wildman–Crippen LogP) is 4.26. The summed E-state index contributed by atoms with van der Waals surface area (Å²) in [7, 11) is -4.79. The van der Waals surface area contributed by atoms with Crippen LogP contribution >= 0.6 is 0 Å². The maximum absolute atomic E-state index is 11.6. The Kier molecular flexibility index (Phi) is 12.4. The van der Waals surface area contributed by atoms with Gasteiger partial charge in [-0.3, -0.25) is 9.59 Å². The average molecular weight is 437 g/mol. The van der Waals surface area contributed by atoms with E-state index in [9.17, 15) is 23.1 Å². The molecule has 1 aliphatic rings. The summed E-state index contributed by atoms with van der Waals surface area (Å²) in [6, 6.07) is 0. The van der Waals surface area contributed by atoms with Gasteiger partial charge in [0.05, 0.1) is 12.8 Å². The fourth-order valence-corrected chi connectivity index (χ4v) is 4.02. The van der Waals surface area contributed by atoms with Crippen LogP contribution in [0.2, 0.25) is 0 Å². The van der Waals surface area contributed by atoms with E-state index >= 15 is 0 Å². The van der Waals surface area contributed by atoms with Crippen LogP contribution in [0.5, 0.6) is 0 Å². The third kappa shape index (κ3) is 12.9.